The number of fused-ring (bicyclic) bond motifs is 1. The number of rotatable bonds is 3. The van der Waals surface area contributed by atoms with Gasteiger partial charge in [0.25, 0.3) is 0 Å². The number of aryl methyl sites for hydroxylation is 1. The molecule has 2 aromatic rings. The van der Waals surface area contributed by atoms with Crippen LogP contribution in [0.15, 0.2) is 42.2 Å². The highest BCUT2D eigenvalue weighted by atomic mass is 16.5. The van der Waals surface area contributed by atoms with Crippen LogP contribution in [-0.2, 0) is 6.54 Å². The third kappa shape index (κ3) is 2.94. The van der Waals surface area contributed by atoms with Crippen LogP contribution in [-0.4, -0.2) is 28.9 Å². The molecule has 0 bridgehead atoms. The molecule has 0 unspecified atom stereocenters. The van der Waals surface area contributed by atoms with Crippen LogP contribution in [0.5, 0.6) is 11.5 Å². The van der Waals surface area contributed by atoms with Gasteiger partial charge in [0.1, 0.15) is 11.5 Å². The standard InChI is InChI=1S/C21H21NO3/c1-14-6-2-3-7-15(14)12-19-20(24)16-8-9-18(23)17(21(16)25-19)13-22-10-4-5-11-22/h2-3,6-9,12,23H,4-5,10-11,13H2,1H3/b19-12+. The molecule has 0 atom stereocenters. The summed E-state index contributed by atoms with van der Waals surface area (Å²) >= 11 is 0. The van der Waals surface area contributed by atoms with Gasteiger partial charge in [-0.2, -0.15) is 0 Å². The predicted molar refractivity (Wildman–Crippen MR) is 96.7 cm³/mol. The molecular weight excluding hydrogens is 314 g/mol. The molecule has 2 aromatic carbocycles. The molecule has 2 aliphatic heterocycles. The quantitative estimate of drug-likeness (QED) is 0.864. The second kappa shape index (κ2) is 6.37. The van der Waals surface area contributed by atoms with Gasteiger partial charge >= 0.3 is 0 Å². The molecule has 1 N–H and O–H groups in total. The molecular formula is C21H21NO3. The number of carbonyl (C=O) groups is 1. The number of phenolic OH excluding ortho intramolecular Hbond substituents is 1. The number of ketones is 1. The zero-order valence-electron chi connectivity index (χ0n) is 14.3. The fourth-order valence-corrected chi connectivity index (χ4v) is 3.50. The Hall–Kier alpha value is -2.59. The number of Topliss-reactive ketones (excluding diaryl/α,β-unsaturated/α-hetero) is 1. The molecule has 128 valence electrons. The van der Waals surface area contributed by atoms with Gasteiger partial charge in [-0.15, -0.1) is 0 Å². The number of hydrogen-bond acceptors (Lipinski definition) is 4. The van der Waals surface area contributed by atoms with Gasteiger partial charge in [-0.1, -0.05) is 24.3 Å². The third-order valence-electron chi connectivity index (χ3n) is 4.97. The lowest BCUT2D eigenvalue weighted by atomic mass is 10.0. The summed E-state index contributed by atoms with van der Waals surface area (Å²) in [6.45, 7) is 4.65. The number of nitrogens with zero attached hydrogens (tertiary/aromatic N) is 1. The van der Waals surface area contributed by atoms with E-state index in [0.29, 0.717) is 29.2 Å². The minimum atomic E-state index is -0.124. The SMILES string of the molecule is Cc1ccccc1/C=C1/Oc2c(ccc(O)c2CN2CCCC2)C1=O. The minimum Gasteiger partial charge on any atom is -0.507 e. The Balaban J connectivity index is 1.70. The average molecular weight is 335 g/mol. The van der Waals surface area contributed by atoms with Crippen molar-refractivity contribution in [2.24, 2.45) is 0 Å². The van der Waals surface area contributed by atoms with Crippen LogP contribution in [0.3, 0.4) is 0 Å². The maximum Gasteiger partial charge on any atom is 0.231 e. The molecule has 4 nitrogen and oxygen atoms in total. The second-order valence-corrected chi connectivity index (χ2v) is 6.72. The number of allylic oxidation sites excluding steroid dienone is 1. The van der Waals surface area contributed by atoms with Crippen LogP contribution >= 0.6 is 0 Å². The van der Waals surface area contributed by atoms with E-state index in [2.05, 4.69) is 4.90 Å². The van der Waals surface area contributed by atoms with E-state index in [1.807, 2.05) is 31.2 Å². The number of ether oxygens (including phenoxy) is 1. The molecule has 0 spiro atoms. The summed E-state index contributed by atoms with van der Waals surface area (Å²) in [5, 5.41) is 10.3. The largest absolute Gasteiger partial charge is 0.507 e. The molecule has 0 radical (unpaired) electrons. The molecule has 0 saturated carbocycles. The van der Waals surface area contributed by atoms with Crippen molar-refractivity contribution < 1.29 is 14.6 Å². The van der Waals surface area contributed by atoms with Crippen LogP contribution in [0.25, 0.3) is 6.08 Å². The molecule has 2 heterocycles. The van der Waals surface area contributed by atoms with Gasteiger partial charge < -0.3 is 9.84 Å². The van der Waals surface area contributed by atoms with Gasteiger partial charge in [-0.25, -0.2) is 0 Å². The number of carbonyl (C=O) groups excluding carboxylic acids is 1. The summed E-state index contributed by atoms with van der Waals surface area (Å²) in [7, 11) is 0. The van der Waals surface area contributed by atoms with E-state index < -0.39 is 0 Å². The lowest BCUT2D eigenvalue weighted by molar-refractivity contribution is 0.101. The van der Waals surface area contributed by atoms with Crippen LogP contribution in [0.1, 0.15) is 39.9 Å². The Morgan fingerprint density at radius 3 is 2.68 bits per heavy atom. The van der Waals surface area contributed by atoms with Crippen molar-refractivity contribution in [3.8, 4) is 11.5 Å². The van der Waals surface area contributed by atoms with E-state index in [0.717, 1.165) is 24.2 Å². The molecule has 2 aliphatic rings. The zero-order valence-corrected chi connectivity index (χ0v) is 14.3. The van der Waals surface area contributed by atoms with Crippen molar-refractivity contribution in [3.63, 3.8) is 0 Å². The van der Waals surface area contributed by atoms with Crippen molar-refractivity contribution in [2.75, 3.05) is 13.1 Å². The van der Waals surface area contributed by atoms with Crippen LogP contribution in [0.2, 0.25) is 0 Å². The van der Waals surface area contributed by atoms with E-state index in [4.69, 9.17) is 4.74 Å². The van der Waals surface area contributed by atoms with Gasteiger partial charge in [-0.05, 0) is 62.2 Å². The molecule has 1 fully saturated rings. The van der Waals surface area contributed by atoms with Crippen LogP contribution in [0, 0.1) is 6.92 Å². The lowest BCUT2D eigenvalue weighted by Crippen LogP contribution is -2.18. The first-order valence-electron chi connectivity index (χ1n) is 8.70. The maximum absolute atomic E-state index is 12.7. The molecule has 0 aromatic heterocycles. The summed E-state index contributed by atoms with van der Waals surface area (Å²) in [4.78, 5) is 15.0. The number of likely N-dealkylation sites (tertiary alicyclic amines) is 1. The first-order chi connectivity index (χ1) is 12.1. The summed E-state index contributed by atoms with van der Waals surface area (Å²) in [5.41, 5.74) is 3.29. The van der Waals surface area contributed by atoms with Gasteiger partial charge in [0, 0.05) is 6.54 Å². The molecule has 4 rings (SSSR count). The van der Waals surface area contributed by atoms with E-state index in [1.165, 1.54) is 12.8 Å². The maximum atomic E-state index is 12.7. The highest BCUT2D eigenvalue weighted by Crippen LogP contribution is 2.40. The van der Waals surface area contributed by atoms with Crippen molar-refractivity contribution >= 4 is 11.9 Å². The monoisotopic (exact) mass is 335 g/mol. The lowest BCUT2D eigenvalue weighted by Gasteiger charge is -2.17. The normalized spacial score (nSPS) is 18.6. The smallest absolute Gasteiger partial charge is 0.231 e. The molecule has 4 heteroatoms. The Morgan fingerprint density at radius 1 is 1.16 bits per heavy atom. The van der Waals surface area contributed by atoms with E-state index in [1.54, 1.807) is 18.2 Å². The summed E-state index contributed by atoms with van der Waals surface area (Å²) in [6, 6.07) is 11.1. The number of benzene rings is 2. The van der Waals surface area contributed by atoms with E-state index >= 15 is 0 Å². The van der Waals surface area contributed by atoms with Crippen LogP contribution in [0.4, 0.5) is 0 Å². The van der Waals surface area contributed by atoms with Gasteiger partial charge in [0.2, 0.25) is 5.78 Å². The summed E-state index contributed by atoms with van der Waals surface area (Å²) < 4.78 is 5.93. The van der Waals surface area contributed by atoms with Gasteiger partial charge in [0.05, 0.1) is 11.1 Å². The number of hydrogen-bond donors (Lipinski definition) is 1. The van der Waals surface area contributed by atoms with Gasteiger partial charge in [0.15, 0.2) is 5.76 Å². The van der Waals surface area contributed by atoms with E-state index in [9.17, 15) is 9.90 Å². The fraction of sp³-hybridized carbons (Fsp3) is 0.286. The Morgan fingerprint density at radius 2 is 1.92 bits per heavy atom. The van der Waals surface area contributed by atoms with Crippen LogP contribution < -0.4 is 4.74 Å². The highest BCUT2D eigenvalue weighted by molar-refractivity contribution is 6.15. The van der Waals surface area contributed by atoms with Crippen molar-refractivity contribution in [1.29, 1.82) is 0 Å². The Labute approximate surface area is 147 Å². The Kier molecular flexibility index (Phi) is 4.06. The number of phenols is 1. The Bertz CT molecular complexity index is 863. The van der Waals surface area contributed by atoms with E-state index in [-0.39, 0.29) is 11.5 Å². The predicted octanol–water partition coefficient (Wildman–Crippen LogP) is 3.91. The number of aromatic hydroxyl groups is 1. The first-order valence-corrected chi connectivity index (χ1v) is 8.70. The first kappa shape index (κ1) is 15.9. The summed E-state index contributed by atoms with van der Waals surface area (Å²) in [5.74, 6) is 0.894. The second-order valence-electron chi connectivity index (χ2n) is 6.72. The average Bonchev–Trinajstić information content (AvgIpc) is 3.21. The van der Waals surface area contributed by atoms with Crippen molar-refractivity contribution in [3.05, 3.63) is 64.4 Å². The minimum absolute atomic E-state index is 0.124. The zero-order chi connectivity index (χ0) is 17.4. The fourth-order valence-electron chi connectivity index (χ4n) is 3.50. The molecule has 0 aliphatic carbocycles. The van der Waals surface area contributed by atoms with Gasteiger partial charge in [-0.3, -0.25) is 9.69 Å². The van der Waals surface area contributed by atoms with Crippen molar-refractivity contribution in [2.45, 2.75) is 26.3 Å². The molecule has 0 amide bonds. The summed E-state index contributed by atoms with van der Waals surface area (Å²) in [6.07, 6.45) is 4.14. The molecule has 1 saturated heterocycles. The van der Waals surface area contributed by atoms with Crippen molar-refractivity contribution in [1.82, 2.24) is 4.90 Å². The highest BCUT2D eigenvalue weighted by Gasteiger charge is 2.32. The molecule has 25 heavy (non-hydrogen) atoms. The third-order valence-corrected chi connectivity index (χ3v) is 4.97. The topological polar surface area (TPSA) is 49.8 Å².